The van der Waals surface area contributed by atoms with Gasteiger partial charge in [-0.25, -0.2) is 4.79 Å². The number of imide groups is 1. The number of fused-ring (bicyclic) bond motifs is 1. The van der Waals surface area contributed by atoms with Gasteiger partial charge in [0.15, 0.2) is 0 Å². The minimum absolute atomic E-state index is 0.211. The Morgan fingerprint density at radius 2 is 1.65 bits per heavy atom. The summed E-state index contributed by atoms with van der Waals surface area (Å²) in [6.07, 6.45) is 0. The second-order valence-electron chi connectivity index (χ2n) is 6.60. The summed E-state index contributed by atoms with van der Waals surface area (Å²) in [6, 6.07) is 20.4. The number of halogens is 1. The Kier molecular flexibility index (Phi) is 3.93. The number of hydrogen-bond donors (Lipinski definition) is 1. The molecule has 0 radical (unpaired) electrons. The fourth-order valence-corrected chi connectivity index (χ4v) is 3.58. The highest BCUT2D eigenvalue weighted by Crippen LogP contribution is 2.34. The van der Waals surface area contributed by atoms with Gasteiger partial charge < -0.3 is 5.32 Å². The van der Waals surface area contributed by atoms with Gasteiger partial charge in [-0.05, 0) is 41.0 Å². The lowest BCUT2D eigenvalue weighted by molar-refractivity contribution is -0.131. The van der Waals surface area contributed by atoms with E-state index in [-0.39, 0.29) is 18.5 Å². The molecule has 1 N–H and O–H groups in total. The predicted octanol–water partition coefficient (Wildman–Crippen LogP) is 4.46. The molecule has 1 atom stereocenters. The molecule has 0 aliphatic carbocycles. The van der Waals surface area contributed by atoms with Gasteiger partial charge in [-0.1, -0.05) is 66.2 Å². The SMILES string of the molecule is CC1(c2cccc3ccccc23)NC(=O)N(Cc2ccc(Cl)cc2)C1=O. The number of urea groups is 1. The first-order valence-electron chi connectivity index (χ1n) is 8.36. The van der Waals surface area contributed by atoms with Crippen molar-refractivity contribution in [2.24, 2.45) is 0 Å². The lowest BCUT2D eigenvalue weighted by Crippen LogP contribution is -2.41. The first kappa shape index (κ1) is 16.6. The molecule has 4 rings (SSSR count). The molecule has 1 saturated heterocycles. The molecular formula is C21H17ClN2O2. The van der Waals surface area contributed by atoms with E-state index in [9.17, 15) is 9.59 Å². The molecule has 3 aromatic rings. The van der Waals surface area contributed by atoms with Gasteiger partial charge in [-0.15, -0.1) is 0 Å². The van der Waals surface area contributed by atoms with Gasteiger partial charge in [0, 0.05) is 5.02 Å². The highest BCUT2D eigenvalue weighted by atomic mass is 35.5. The van der Waals surface area contributed by atoms with E-state index in [1.165, 1.54) is 4.90 Å². The van der Waals surface area contributed by atoms with Crippen LogP contribution in [-0.4, -0.2) is 16.8 Å². The summed E-state index contributed by atoms with van der Waals surface area (Å²) in [5.41, 5.74) is 0.553. The van der Waals surface area contributed by atoms with Crippen molar-refractivity contribution in [2.75, 3.05) is 0 Å². The van der Waals surface area contributed by atoms with E-state index in [2.05, 4.69) is 5.32 Å². The zero-order valence-electron chi connectivity index (χ0n) is 14.2. The Bertz CT molecular complexity index is 1010. The molecule has 1 aliphatic rings. The van der Waals surface area contributed by atoms with Crippen molar-refractivity contribution in [1.29, 1.82) is 0 Å². The van der Waals surface area contributed by atoms with Crippen molar-refractivity contribution < 1.29 is 9.59 Å². The van der Waals surface area contributed by atoms with Crippen LogP contribution in [0.4, 0.5) is 4.79 Å². The summed E-state index contributed by atoms with van der Waals surface area (Å²) in [5.74, 6) is -0.256. The first-order chi connectivity index (χ1) is 12.5. The topological polar surface area (TPSA) is 49.4 Å². The van der Waals surface area contributed by atoms with Crippen molar-refractivity contribution >= 4 is 34.3 Å². The van der Waals surface area contributed by atoms with E-state index < -0.39 is 5.54 Å². The van der Waals surface area contributed by atoms with Crippen LogP contribution in [0.3, 0.4) is 0 Å². The molecule has 1 heterocycles. The fourth-order valence-electron chi connectivity index (χ4n) is 3.46. The molecule has 0 spiro atoms. The van der Waals surface area contributed by atoms with Crippen LogP contribution in [-0.2, 0) is 16.9 Å². The lowest BCUT2D eigenvalue weighted by Gasteiger charge is -2.24. The van der Waals surface area contributed by atoms with E-state index in [4.69, 9.17) is 11.6 Å². The molecule has 5 heteroatoms. The fraction of sp³-hybridized carbons (Fsp3) is 0.143. The second-order valence-corrected chi connectivity index (χ2v) is 7.04. The van der Waals surface area contributed by atoms with Crippen LogP contribution in [0, 0.1) is 0 Å². The summed E-state index contributed by atoms with van der Waals surface area (Å²) in [5, 5.41) is 5.49. The molecule has 3 amide bonds. The number of carbonyl (C=O) groups excluding carboxylic acids is 2. The molecule has 1 fully saturated rings. The van der Waals surface area contributed by atoms with Crippen LogP contribution in [0.1, 0.15) is 18.1 Å². The molecule has 0 saturated carbocycles. The summed E-state index contributed by atoms with van der Waals surface area (Å²) >= 11 is 5.91. The first-order valence-corrected chi connectivity index (χ1v) is 8.73. The molecule has 0 bridgehead atoms. The molecule has 0 aromatic heterocycles. The molecule has 3 aromatic carbocycles. The third kappa shape index (κ3) is 2.63. The zero-order chi connectivity index (χ0) is 18.3. The van der Waals surface area contributed by atoms with Crippen LogP contribution < -0.4 is 5.32 Å². The monoisotopic (exact) mass is 364 g/mol. The zero-order valence-corrected chi connectivity index (χ0v) is 15.0. The minimum atomic E-state index is -1.09. The van der Waals surface area contributed by atoms with Crippen LogP contribution >= 0.6 is 11.6 Å². The van der Waals surface area contributed by atoms with Crippen LogP contribution in [0.15, 0.2) is 66.7 Å². The Hall–Kier alpha value is -2.85. The molecule has 4 nitrogen and oxygen atoms in total. The average molecular weight is 365 g/mol. The van der Waals surface area contributed by atoms with E-state index in [1.54, 1.807) is 19.1 Å². The Morgan fingerprint density at radius 3 is 2.42 bits per heavy atom. The molecular weight excluding hydrogens is 348 g/mol. The third-order valence-corrected chi connectivity index (χ3v) is 5.11. The van der Waals surface area contributed by atoms with Crippen LogP contribution in [0.2, 0.25) is 5.02 Å². The maximum absolute atomic E-state index is 13.2. The van der Waals surface area contributed by atoms with Crippen LogP contribution in [0.25, 0.3) is 10.8 Å². The molecule has 1 aliphatic heterocycles. The summed E-state index contributed by atoms with van der Waals surface area (Å²) in [7, 11) is 0. The van der Waals surface area contributed by atoms with Crippen molar-refractivity contribution in [2.45, 2.75) is 19.0 Å². The summed E-state index contributed by atoms with van der Waals surface area (Å²) in [4.78, 5) is 27.0. The molecule has 1 unspecified atom stereocenters. The van der Waals surface area contributed by atoms with Gasteiger partial charge in [0.05, 0.1) is 6.54 Å². The number of amides is 3. The van der Waals surface area contributed by atoms with Crippen molar-refractivity contribution in [1.82, 2.24) is 10.2 Å². The summed E-state index contributed by atoms with van der Waals surface area (Å²) < 4.78 is 0. The number of nitrogens with one attached hydrogen (secondary N) is 1. The second kappa shape index (κ2) is 6.15. The standard InChI is InChI=1S/C21H17ClN2O2/c1-21(18-8-4-6-15-5-2-3-7-17(15)18)19(25)24(20(26)23-21)13-14-9-11-16(22)12-10-14/h2-12H,13H2,1H3,(H,23,26). The van der Waals surface area contributed by atoms with Gasteiger partial charge in [0.2, 0.25) is 0 Å². The van der Waals surface area contributed by atoms with Gasteiger partial charge in [-0.3, -0.25) is 9.69 Å². The van der Waals surface area contributed by atoms with E-state index in [0.717, 1.165) is 21.9 Å². The largest absolute Gasteiger partial charge is 0.325 e. The molecule has 130 valence electrons. The van der Waals surface area contributed by atoms with Crippen molar-refractivity contribution in [3.63, 3.8) is 0 Å². The average Bonchev–Trinajstić information content (AvgIpc) is 2.87. The van der Waals surface area contributed by atoms with E-state index in [0.29, 0.717) is 5.02 Å². The van der Waals surface area contributed by atoms with E-state index in [1.807, 2.05) is 54.6 Å². The predicted molar refractivity (Wildman–Crippen MR) is 102 cm³/mol. The Balaban J connectivity index is 1.72. The van der Waals surface area contributed by atoms with Crippen molar-refractivity contribution in [3.8, 4) is 0 Å². The van der Waals surface area contributed by atoms with Gasteiger partial charge in [-0.2, -0.15) is 0 Å². The number of rotatable bonds is 3. The van der Waals surface area contributed by atoms with E-state index >= 15 is 0 Å². The Morgan fingerprint density at radius 1 is 0.962 bits per heavy atom. The minimum Gasteiger partial charge on any atom is -0.319 e. The van der Waals surface area contributed by atoms with Gasteiger partial charge in [0.25, 0.3) is 5.91 Å². The quantitative estimate of drug-likeness (QED) is 0.697. The maximum Gasteiger partial charge on any atom is 0.325 e. The van der Waals surface area contributed by atoms with Gasteiger partial charge in [0.1, 0.15) is 5.54 Å². The third-order valence-electron chi connectivity index (χ3n) is 4.86. The maximum atomic E-state index is 13.2. The highest BCUT2D eigenvalue weighted by Gasteiger charge is 2.49. The normalized spacial score (nSPS) is 19.8. The van der Waals surface area contributed by atoms with Crippen molar-refractivity contribution in [3.05, 3.63) is 82.9 Å². The number of carbonyl (C=O) groups is 2. The Labute approximate surface area is 156 Å². The smallest absolute Gasteiger partial charge is 0.319 e. The van der Waals surface area contributed by atoms with Crippen LogP contribution in [0.5, 0.6) is 0 Å². The number of nitrogens with zero attached hydrogens (tertiary/aromatic N) is 1. The molecule has 26 heavy (non-hydrogen) atoms. The summed E-state index contributed by atoms with van der Waals surface area (Å²) in [6.45, 7) is 1.97. The van der Waals surface area contributed by atoms with Gasteiger partial charge >= 0.3 is 6.03 Å². The lowest BCUT2D eigenvalue weighted by atomic mass is 9.88. The number of hydrogen-bond acceptors (Lipinski definition) is 2. The number of benzene rings is 3. The highest BCUT2D eigenvalue weighted by molar-refractivity contribution is 6.30.